The van der Waals surface area contributed by atoms with Crippen molar-refractivity contribution in [1.82, 2.24) is 35.4 Å². The third-order valence-corrected chi connectivity index (χ3v) is 4.78. The quantitative estimate of drug-likeness (QED) is 0.491. The van der Waals surface area contributed by atoms with E-state index in [1.54, 1.807) is 0 Å². The summed E-state index contributed by atoms with van der Waals surface area (Å²) < 4.78 is 14.8. The Morgan fingerprint density at radius 1 is 1.03 bits per heavy atom. The van der Waals surface area contributed by atoms with E-state index >= 15 is 0 Å². The number of halogens is 1. The summed E-state index contributed by atoms with van der Waals surface area (Å²) >= 11 is 0. The van der Waals surface area contributed by atoms with Crippen molar-refractivity contribution in [3.63, 3.8) is 0 Å². The molecule has 4 rings (SSSR count). The molecule has 0 bridgehead atoms. The Kier molecular flexibility index (Phi) is 5.69. The Morgan fingerprint density at radius 2 is 1.83 bits per heavy atom. The number of nitrogens with zero attached hydrogens (tertiary/aromatic N) is 6. The summed E-state index contributed by atoms with van der Waals surface area (Å²) in [4.78, 5) is 4.32. The van der Waals surface area contributed by atoms with Gasteiger partial charge in [-0.1, -0.05) is 61.9 Å². The molecular weight excluding hydrogens is 369 g/mol. The largest absolute Gasteiger partial charge is 0.245 e. The van der Waals surface area contributed by atoms with Crippen LogP contribution in [0.1, 0.15) is 37.0 Å². The average Bonchev–Trinajstić information content (AvgIpc) is 3.43. The van der Waals surface area contributed by atoms with Gasteiger partial charge < -0.3 is 0 Å². The summed E-state index contributed by atoms with van der Waals surface area (Å²) in [5, 5.41) is 18.6. The minimum Gasteiger partial charge on any atom is -0.245 e. The van der Waals surface area contributed by atoms with Crippen LogP contribution in [-0.4, -0.2) is 35.4 Å². The van der Waals surface area contributed by atoms with E-state index in [1.807, 2.05) is 28.9 Å². The first-order valence-electron chi connectivity index (χ1n) is 9.69. The average molecular weight is 391 g/mol. The summed E-state index contributed by atoms with van der Waals surface area (Å²) in [6, 6.07) is 16.2. The van der Waals surface area contributed by atoms with Crippen molar-refractivity contribution in [3.05, 3.63) is 65.7 Å². The van der Waals surface area contributed by atoms with E-state index in [9.17, 15) is 4.39 Å². The molecule has 0 unspecified atom stereocenters. The zero-order valence-corrected chi connectivity index (χ0v) is 16.2. The van der Waals surface area contributed by atoms with Crippen LogP contribution in [0.3, 0.4) is 0 Å². The van der Waals surface area contributed by atoms with Gasteiger partial charge in [-0.3, -0.25) is 0 Å². The van der Waals surface area contributed by atoms with Crippen molar-refractivity contribution in [2.24, 2.45) is 0 Å². The van der Waals surface area contributed by atoms with Crippen LogP contribution in [-0.2, 0) is 19.6 Å². The molecule has 7 nitrogen and oxygen atoms in total. The Labute approximate surface area is 168 Å². The van der Waals surface area contributed by atoms with Crippen LogP contribution in [0.2, 0.25) is 0 Å². The smallest absolute Gasteiger partial charge is 0.205 e. The molecule has 0 aliphatic heterocycles. The molecular formula is C21H22FN7. The van der Waals surface area contributed by atoms with Gasteiger partial charge in [0.2, 0.25) is 5.82 Å². The standard InChI is InChI=1S/C21H22FN7/c1-2-3-8-20-23-19(13-22)26-29(20)14-15-9-11-16(12-10-15)17-6-4-5-7-18(17)21-24-27-28-25-21/h4-7,9-12H,2-3,8,13-14H2,1H3,(H,24,25,27,28). The van der Waals surface area contributed by atoms with Crippen LogP contribution in [0.25, 0.3) is 22.5 Å². The van der Waals surface area contributed by atoms with Gasteiger partial charge in [0.15, 0.2) is 12.5 Å². The van der Waals surface area contributed by atoms with Gasteiger partial charge in [0.05, 0.1) is 6.54 Å². The number of unbranched alkanes of at least 4 members (excludes halogenated alkanes) is 1. The molecule has 148 valence electrons. The second kappa shape index (κ2) is 8.72. The predicted octanol–water partition coefficient (Wildman–Crippen LogP) is 3.99. The van der Waals surface area contributed by atoms with Crippen molar-refractivity contribution in [2.45, 2.75) is 39.4 Å². The number of alkyl halides is 1. The highest BCUT2D eigenvalue weighted by Crippen LogP contribution is 2.29. The lowest BCUT2D eigenvalue weighted by Gasteiger charge is -2.09. The van der Waals surface area contributed by atoms with Gasteiger partial charge in [0, 0.05) is 12.0 Å². The van der Waals surface area contributed by atoms with E-state index in [1.165, 1.54) is 0 Å². The zero-order valence-electron chi connectivity index (χ0n) is 16.2. The maximum absolute atomic E-state index is 13.0. The van der Waals surface area contributed by atoms with Crippen LogP contribution >= 0.6 is 0 Å². The molecule has 0 spiro atoms. The second-order valence-corrected chi connectivity index (χ2v) is 6.82. The SMILES string of the molecule is CCCCc1nc(CF)nn1Cc1ccc(-c2ccccc2-c2nn[nH]n2)cc1. The molecule has 8 heteroatoms. The van der Waals surface area contributed by atoms with Gasteiger partial charge in [0.1, 0.15) is 5.82 Å². The number of hydrogen-bond donors (Lipinski definition) is 1. The number of aromatic nitrogens is 7. The van der Waals surface area contributed by atoms with E-state index in [4.69, 9.17) is 0 Å². The van der Waals surface area contributed by atoms with E-state index in [0.717, 1.165) is 47.3 Å². The Hall–Kier alpha value is -3.42. The van der Waals surface area contributed by atoms with Crippen molar-refractivity contribution in [3.8, 4) is 22.5 Å². The molecule has 2 heterocycles. The van der Waals surface area contributed by atoms with E-state index in [2.05, 4.69) is 61.9 Å². The van der Waals surface area contributed by atoms with Crippen LogP contribution in [0.5, 0.6) is 0 Å². The van der Waals surface area contributed by atoms with E-state index < -0.39 is 6.67 Å². The van der Waals surface area contributed by atoms with Gasteiger partial charge in [-0.15, -0.1) is 10.2 Å². The first kappa shape index (κ1) is 18.9. The highest BCUT2D eigenvalue weighted by molar-refractivity contribution is 5.80. The molecule has 1 N–H and O–H groups in total. The highest BCUT2D eigenvalue weighted by atomic mass is 19.1. The normalized spacial score (nSPS) is 11.1. The van der Waals surface area contributed by atoms with Gasteiger partial charge in [-0.2, -0.15) is 10.3 Å². The molecule has 0 atom stereocenters. The summed E-state index contributed by atoms with van der Waals surface area (Å²) in [6.07, 6.45) is 2.88. The lowest BCUT2D eigenvalue weighted by Crippen LogP contribution is -2.07. The number of rotatable bonds is 8. The van der Waals surface area contributed by atoms with Crippen LogP contribution in [0, 0.1) is 0 Å². The molecule has 2 aromatic carbocycles. The van der Waals surface area contributed by atoms with Crippen molar-refractivity contribution in [1.29, 1.82) is 0 Å². The molecule has 29 heavy (non-hydrogen) atoms. The maximum atomic E-state index is 13.0. The third-order valence-electron chi connectivity index (χ3n) is 4.78. The van der Waals surface area contributed by atoms with E-state index in [-0.39, 0.29) is 5.82 Å². The topological polar surface area (TPSA) is 85.2 Å². The summed E-state index contributed by atoms with van der Waals surface area (Å²) in [7, 11) is 0. The molecule has 0 amide bonds. The van der Waals surface area contributed by atoms with Crippen molar-refractivity contribution < 1.29 is 4.39 Å². The maximum Gasteiger partial charge on any atom is 0.205 e. The monoisotopic (exact) mass is 391 g/mol. The van der Waals surface area contributed by atoms with Crippen molar-refractivity contribution >= 4 is 0 Å². The molecule has 0 radical (unpaired) electrons. The summed E-state index contributed by atoms with van der Waals surface area (Å²) in [5.41, 5.74) is 4.09. The lowest BCUT2D eigenvalue weighted by molar-refractivity contribution is 0.462. The summed E-state index contributed by atoms with van der Waals surface area (Å²) in [6.45, 7) is 2.05. The number of hydrogen-bond acceptors (Lipinski definition) is 5. The van der Waals surface area contributed by atoms with Crippen LogP contribution in [0.15, 0.2) is 48.5 Å². The number of aromatic amines is 1. The second-order valence-electron chi connectivity index (χ2n) is 6.82. The van der Waals surface area contributed by atoms with Gasteiger partial charge >= 0.3 is 0 Å². The minimum absolute atomic E-state index is 0.252. The Morgan fingerprint density at radius 3 is 2.52 bits per heavy atom. The molecule has 0 aliphatic carbocycles. The number of H-pyrrole nitrogens is 1. The minimum atomic E-state index is -0.641. The molecule has 0 saturated carbocycles. The fourth-order valence-corrected chi connectivity index (χ4v) is 3.30. The van der Waals surface area contributed by atoms with Crippen LogP contribution < -0.4 is 0 Å². The Balaban J connectivity index is 1.58. The van der Waals surface area contributed by atoms with Crippen molar-refractivity contribution in [2.75, 3.05) is 0 Å². The van der Waals surface area contributed by atoms with Gasteiger partial charge in [-0.05, 0) is 28.3 Å². The predicted molar refractivity (Wildman–Crippen MR) is 108 cm³/mol. The lowest BCUT2D eigenvalue weighted by atomic mass is 9.98. The number of aryl methyl sites for hydroxylation is 1. The Bertz CT molecular complexity index is 1060. The first-order chi connectivity index (χ1) is 14.3. The fraction of sp³-hybridized carbons (Fsp3) is 0.286. The highest BCUT2D eigenvalue weighted by Gasteiger charge is 2.12. The fourth-order valence-electron chi connectivity index (χ4n) is 3.30. The molecule has 4 aromatic rings. The van der Waals surface area contributed by atoms with E-state index in [0.29, 0.717) is 12.4 Å². The first-order valence-corrected chi connectivity index (χ1v) is 9.69. The molecule has 2 aromatic heterocycles. The third kappa shape index (κ3) is 4.21. The number of nitrogens with one attached hydrogen (secondary N) is 1. The molecule has 0 fully saturated rings. The molecule has 0 aliphatic rings. The summed E-state index contributed by atoms with van der Waals surface area (Å²) in [5.74, 6) is 1.65. The zero-order chi connectivity index (χ0) is 20.1. The number of tetrazole rings is 1. The van der Waals surface area contributed by atoms with Gasteiger partial charge in [-0.25, -0.2) is 14.1 Å². The number of benzene rings is 2. The van der Waals surface area contributed by atoms with Gasteiger partial charge in [0.25, 0.3) is 0 Å². The molecule has 0 saturated heterocycles. The van der Waals surface area contributed by atoms with Crippen LogP contribution in [0.4, 0.5) is 4.39 Å².